The van der Waals surface area contributed by atoms with Crippen LogP contribution >= 0.6 is 7.92 Å². The van der Waals surface area contributed by atoms with Crippen molar-refractivity contribution in [2.75, 3.05) is 0 Å². The Morgan fingerprint density at radius 2 is 1.15 bits per heavy atom. The van der Waals surface area contributed by atoms with Gasteiger partial charge < -0.3 is 4.74 Å². The van der Waals surface area contributed by atoms with Gasteiger partial charge in [-0.3, -0.25) is 0 Å². The lowest BCUT2D eigenvalue weighted by Crippen LogP contribution is -2.41. The molecular formula is C20H26F5OP. The topological polar surface area (TPSA) is 9.23 Å². The number of ether oxygens (including phenoxy) is 1. The predicted octanol–water partition coefficient (Wildman–Crippen LogP) is 6.99. The van der Waals surface area contributed by atoms with Gasteiger partial charge in [-0.1, -0.05) is 58.6 Å². The first-order chi connectivity index (χ1) is 12.8. The summed E-state index contributed by atoms with van der Waals surface area (Å²) >= 11 is 0. The van der Waals surface area contributed by atoms with E-state index < -0.39 is 26.0 Å². The van der Waals surface area contributed by atoms with Gasteiger partial charge in [0.25, 0.3) is 0 Å². The molecule has 0 N–H and O–H groups in total. The van der Waals surface area contributed by atoms with Gasteiger partial charge in [-0.25, -0.2) is 0 Å². The molecule has 0 aliphatic heterocycles. The molecule has 1 aromatic rings. The molecule has 0 aromatic heterocycles. The second-order valence-electron chi connectivity index (χ2n) is 7.60. The minimum absolute atomic E-state index is 0.425. The van der Waals surface area contributed by atoms with Crippen molar-refractivity contribution in [3.63, 3.8) is 0 Å². The van der Waals surface area contributed by atoms with Crippen molar-refractivity contribution in [2.45, 2.75) is 87.8 Å². The van der Waals surface area contributed by atoms with Crippen LogP contribution in [0.3, 0.4) is 0 Å². The molecule has 0 unspecified atom stereocenters. The fraction of sp³-hybridized carbons (Fsp3) is 0.700. The lowest BCUT2D eigenvalue weighted by molar-refractivity contribution is -0.360. The van der Waals surface area contributed by atoms with Gasteiger partial charge in [-0.05, 0) is 54.4 Å². The molecule has 0 bridgehead atoms. The first kappa shape index (κ1) is 20.8. The number of rotatable bonds is 5. The third-order valence-electron chi connectivity index (χ3n) is 5.65. The van der Waals surface area contributed by atoms with E-state index in [0.29, 0.717) is 11.3 Å². The van der Waals surface area contributed by atoms with Crippen LogP contribution in [0.4, 0.5) is 22.0 Å². The van der Waals surface area contributed by atoms with Gasteiger partial charge in [-0.15, -0.1) is 0 Å². The Bertz CT molecular complexity index is 571. The summed E-state index contributed by atoms with van der Waals surface area (Å²) in [6.45, 7) is 0. The molecule has 2 saturated carbocycles. The van der Waals surface area contributed by atoms with Gasteiger partial charge in [0.2, 0.25) is 0 Å². The van der Waals surface area contributed by atoms with E-state index in [2.05, 4.69) is 4.74 Å². The van der Waals surface area contributed by atoms with Crippen molar-refractivity contribution in [1.82, 2.24) is 0 Å². The zero-order valence-electron chi connectivity index (χ0n) is 15.3. The smallest absolute Gasteiger partial charge is 0.426 e. The van der Waals surface area contributed by atoms with Crippen LogP contribution in [-0.4, -0.2) is 23.6 Å². The Hall–Kier alpha value is -0.900. The van der Waals surface area contributed by atoms with Crippen molar-refractivity contribution >= 4 is 13.2 Å². The molecule has 27 heavy (non-hydrogen) atoms. The third-order valence-corrected chi connectivity index (χ3v) is 9.15. The summed E-state index contributed by atoms with van der Waals surface area (Å²) in [7, 11) is -0.425. The quantitative estimate of drug-likeness (QED) is 0.377. The maximum atomic E-state index is 13.1. The maximum Gasteiger partial charge on any atom is 0.499 e. The molecule has 2 aliphatic carbocycles. The van der Waals surface area contributed by atoms with Crippen LogP contribution in [0, 0.1) is 0 Å². The maximum absolute atomic E-state index is 13.1. The molecule has 0 atom stereocenters. The largest absolute Gasteiger partial charge is 0.499 e. The third kappa shape index (κ3) is 5.13. The van der Waals surface area contributed by atoms with E-state index in [1.54, 1.807) is 12.1 Å². The van der Waals surface area contributed by atoms with Crippen LogP contribution in [0.25, 0.3) is 0 Å². The summed E-state index contributed by atoms with van der Waals surface area (Å²) in [6, 6.07) is 5.99. The highest BCUT2D eigenvalue weighted by molar-refractivity contribution is 7.67. The Balaban J connectivity index is 1.78. The fourth-order valence-electron chi connectivity index (χ4n) is 4.33. The Morgan fingerprint density at radius 1 is 0.704 bits per heavy atom. The second kappa shape index (κ2) is 8.63. The van der Waals surface area contributed by atoms with Crippen LogP contribution in [0.5, 0.6) is 5.75 Å². The zero-order chi connectivity index (χ0) is 19.5. The van der Waals surface area contributed by atoms with Gasteiger partial charge in [-0.2, -0.15) is 22.0 Å². The van der Waals surface area contributed by atoms with Crippen molar-refractivity contribution in [2.24, 2.45) is 0 Å². The standard InChI is InChI=1S/C20H26F5OP/c21-19(22,23)20(24,25)26-15-11-13-18(14-12-15)27(16-7-3-1-4-8-16)17-9-5-2-6-10-17/h11-14,16-17H,1-10H2. The molecule has 1 nitrogen and oxygen atoms in total. The molecule has 1 aromatic carbocycles. The first-order valence-electron chi connectivity index (χ1n) is 9.80. The van der Waals surface area contributed by atoms with Gasteiger partial charge in [0.1, 0.15) is 5.75 Å². The lowest BCUT2D eigenvalue weighted by atomic mass is 9.99. The van der Waals surface area contributed by atoms with Crippen LogP contribution < -0.4 is 10.0 Å². The molecule has 0 heterocycles. The summed E-state index contributed by atoms with van der Waals surface area (Å²) < 4.78 is 67.2. The molecule has 2 fully saturated rings. The molecule has 0 spiro atoms. The second-order valence-corrected chi connectivity index (χ2v) is 10.4. The number of halogens is 5. The molecule has 7 heteroatoms. The average molecular weight is 408 g/mol. The summed E-state index contributed by atoms with van der Waals surface area (Å²) in [4.78, 5) is 0. The highest BCUT2D eigenvalue weighted by Crippen LogP contribution is 2.55. The summed E-state index contributed by atoms with van der Waals surface area (Å²) in [5.74, 6) is -0.441. The van der Waals surface area contributed by atoms with Gasteiger partial charge >= 0.3 is 12.3 Å². The normalized spacial score (nSPS) is 20.8. The number of hydrogen-bond donors (Lipinski definition) is 0. The Labute approximate surface area is 158 Å². The minimum Gasteiger partial charge on any atom is -0.426 e. The highest BCUT2D eigenvalue weighted by Gasteiger charge is 2.61. The van der Waals surface area contributed by atoms with E-state index in [4.69, 9.17) is 0 Å². The predicted molar refractivity (Wildman–Crippen MR) is 98.4 cm³/mol. The van der Waals surface area contributed by atoms with Crippen LogP contribution in [0.1, 0.15) is 64.2 Å². The van der Waals surface area contributed by atoms with Crippen molar-refractivity contribution in [3.8, 4) is 5.75 Å². The molecule has 0 radical (unpaired) electrons. The minimum atomic E-state index is -5.72. The summed E-state index contributed by atoms with van der Waals surface area (Å²) in [6.07, 6.45) is 1.37. The molecule has 0 amide bonds. The molecule has 3 rings (SSSR count). The molecular weight excluding hydrogens is 382 g/mol. The molecule has 0 saturated heterocycles. The summed E-state index contributed by atoms with van der Waals surface area (Å²) in [5.41, 5.74) is 1.28. The Morgan fingerprint density at radius 3 is 1.56 bits per heavy atom. The van der Waals surface area contributed by atoms with E-state index in [9.17, 15) is 22.0 Å². The van der Waals surface area contributed by atoms with Crippen molar-refractivity contribution < 1.29 is 26.7 Å². The monoisotopic (exact) mass is 408 g/mol. The van der Waals surface area contributed by atoms with E-state index in [1.165, 1.54) is 76.3 Å². The van der Waals surface area contributed by atoms with Crippen LogP contribution in [-0.2, 0) is 0 Å². The van der Waals surface area contributed by atoms with Crippen molar-refractivity contribution in [1.29, 1.82) is 0 Å². The van der Waals surface area contributed by atoms with Gasteiger partial charge in [0.15, 0.2) is 0 Å². The average Bonchev–Trinajstić information content (AvgIpc) is 2.64. The zero-order valence-corrected chi connectivity index (χ0v) is 16.2. The van der Waals surface area contributed by atoms with Crippen LogP contribution in [0.2, 0.25) is 0 Å². The number of alkyl halides is 5. The van der Waals surface area contributed by atoms with Crippen molar-refractivity contribution in [3.05, 3.63) is 24.3 Å². The highest BCUT2D eigenvalue weighted by atomic mass is 31.1. The summed E-state index contributed by atoms with van der Waals surface area (Å²) in [5, 5.41) is 1.12. The van der Waals surface area contributed by atoms with E-state index in [1.807, 2.05) is 0 Å². The van der Waals surface area contributed by atoms with E-state index >= 15 is 0 Å². The lowest BCUT2D eigenvalue weighted by Gasteiger charge is -2.38. The van der Waals surface area contributed by atoms with Crippen LogP contribution in [0.15, 0.2) is 24.3 Å². The van der Waals surface area contributed by atoms with E-state index in [0.717, 1.165) is 5.30 Å². The SMILES string of the molecule is FC(F)(F)C(F)(F)Oc1ccc(P(C2CCCCC2)C2CCCCC2)cc1. The first-order valence-corrected chi connectivity index (χ1v) is 11.3. The number of hydrogen-bond acceptors (Lipinski definition) is 1. The number of benzene rings is 1. The van der Waals surface area contributed by atoms with E-state index in [-0.39, 0.29) is 0 Å². The molecule has 152 valence electrons. The fourth-order valence-corrected chi connectivity index (χ4v) is 8.11. The Kier molecular flexibility index (Phi) is 6.66. The molecule has 2 aliphatic rings. The van der Waals surface area contributed by atoms with Gasteiger partial charge in [0, 0.05) is 0 Å². The van der Waals surface area contributed by atoms with Gasteiger partial charge in [0.05, 0.1) is 0 Å².